The fourth-order valence-electron chi connectivity index (χ4n) is 6.46. The molecule has 0 bridgehead atoms. The number of hydrogen-bond acceptors (Lipinski definition) is 4. The first-order valence-electron chi connectivity index (χ1n) is 19.2. The molecule has 1 aliphatic rings. The minimum Gasteiger partial charge on any atom is -0.512 e. The van der Waals surface area contributed by atoms with Gasteiger partial charge in [0.2, 0.25) is 0 Å². The number of carbonyl (C=O) groups is 1. The molecule has 0 saturated carbocycles. The van der Waals surface area contributed by atoms with E-state index in [1.807, 2.05) is 41.5 Å². The molecule has 1 N–H and O–H groups in total. The van der Waals surface area contributed by atoms with Gasteiger partial charge < -0.3 is 5.11 Å². The van der Waals surface area contributed by atoms with Crippen LogP contribution in [0.25, 0.3) is 32.8 Å². The van der Waals surface area contributed by atoms with Gasteiger partial charge in [-0.2, -0.15) is 0 Å². The maximum atomic E-state index is 12.2. The second-order valence-corrected chi connectivity index (χ2v) is 18.1. The van der Waals surface area contributed by atoms with Crippen molar-refractivity contribution in [2.24, 2.45) is 21.7 Å². The molecule has 0 amide bonds. The van der Waals surface area contributed by atoms with E-state index in [-0.39, 0.29) is 65.5 Å². The van der Waals surface area contributed by atoms with Crippen LogP contribution in [0.2, 0.25) is 0 Å². The van der Waals surface area contributed by atoms with Crippen molar-refractivity contribution in [2.75, 3.05) is 0 Å². The fourth-order valence-corrected chi connectivity index (χ4v) is 7.75. The Morgan fingerprint density at radius 3 is 2.06 bits per heavy atom. The summed E-state index contributed by atoms with van der Waals surface area (Å²) >= 11 is 1.80. The molecule has 5 rings (SSSR count). The predicted molar refractivity (Wildman–Crippen MR) is 212 cm³/mol. The number of allylic oxidation sites excluding steroid dienone is 2. The number of hydrogen-bond donors (Lipinski definition) is 1. The van der Waals surface area contributed by atoms with E-state index in [0.717, 1.165) is 70.8 Å². The Kier molecular flexibility index (Phi) is 12.4. The topological polar surface area (TPSA) is 50.2 Å². The Labute approximate surface area is 323 Å². The molecule has 1 radical (unpaired) electrons. The van der Waals surface area contributed by atoms with Crippen LogP contribution in [-0.2, 0) is 37.7 Å². The first kappa shape index (κ1) is 38.8. The van der Waals surface area contributed by atoms with Crippen molar-refractivity contribution in [3.8, 4) is 11.3 Å². The molecule has 0 fully saturated rings. The van der Waals surface area contributed by atoms with Gasteiger partial charge in [-0.3, -0.25) is 9.78 Å². The summed E-state index contributed by atoms with van der Waals surface area (Å²) < 4.78 is 17.2. The zero-order valence-corrected chi connectivity index (χ0v) is 36.0. The van der Waals surface area contributed by atoms with Gasteiger partial charge in [0.15, 0.2) is 5.78 Å². The van der Waals surface area contributed by atoms with Crippen molar-refractivity contribution >= 4 is 39.1 Å². The SMILES string of the molecule is CCC(C)(CC)C(=O)/C=C(\O)C(C)(CC)CC.[2H]c1nc2c3c(cc(CC(C)(C)C)cc3c1[2H])Sc1c-2[c-]c2cc(C)ccc2c1CC(C)(C)C.[Ir]. The van der Waals surface area contributed by atoms with Crippen LogP contribution in [0.5, 0.6) is 0 Å². The van der Waals surface area contributed by atoms with Crippen LogP contribution in [-0.4, -0.2) is 15.9 Å². The van der Waals surface area contributed by atoms with Crippen molar-refractivity contribution in [3.63, 3.8) is 0 Å². The smallest absolute Gasteiger partial charge is 0.164 e. The number of ketones is 1. The first-order chi connectivity index (χ1) is 23.6. The van der Waals surface area contributed by atoms with Crippen molar-refractivity contribution in [3.05, 3.63) is 77.1 Å². The van der Waals surface area contributed by atoms with Crippen LogP contribution in [0.1, 0.15) is 128 Å². The number of nitrogens with zero attached hydrogens (tertiary/aromatic N) is 1. The third-order valence-corrected chi connectivity index (χ3v) is 11.7. The summed E-state index contributed by atoms with van der Waals surface area (Å²) in [5, 5.41) is 14.3. The number of aryl methyl sites for hydroxylation is 1. The van der Waals surface area contributed by atoms with E-state index in [9.17, 15) is 9.90 Å². The quantitative estimate of drug-likeness (QED) is 0.0911. The molecule has 1 aliphatic heterocycles. The van der Waals surface area contributed by atoms with Gasteiger partial charge in [-0.05, 0) is 89.6 Å². The molecular weight excluding hydrogens is 811 g/mol. The maximum Gasteiger partial charge on any atom is 0.164 e. The van der Waals surface area contributed by atoms with Gasteiger partial charge in [0.1, 0.15) is 5.76 Å². The number of carbonyl (C=O) groups excluding carboxylic acids is 1. The number of rotatable bonds is 9. The van der Waals surface area contributed by atoms with Crippen molar-refractivity contribution in [1.29, 1.82) is 0 Å². The van der Waals surface area contributed by atoms with Crippen LogP contribution in [0, 0.1) is 34.7 Å². The third kappa shape index (κ3) is 9.30. The summed E-state index contributed by atoms with van der Waals surface area (Å²) in [6.07, 6.45) is 6.66. The Bertz CT molecular complexity index is 1980. The third-order valence-electron chi connectivity index (χ3n) is 10.5. The van der Waals surface area contributed by atoms with Gasteiger partial charge in [-0.25, -0.2) is 0 Å². The van der Waals surface area contributed by atoms with Crippen molar-refractivity contribution < 1.29 is 32.7 Å². The largest absolute Gasteiger partial charge is 0.512 e. The molecule has 0 spiro atoms. The van der Waals surface area contributed by atoms with E-state index in [1.54, 1.807) is 11.8 Å². The number of aromatic nitrogens is 1. The first-order valence-corrected chi connectivity index (χ1v) is 19.0. The molecule has 1 aromatic heterocycles. The summed E-state index contributed by atoms with van der Waals surface area (Å²) in [5.41, 5.74) is 5.21. The number of aliphatic hydroxyl groups is 1. The summed E-state index contributed by atoms with van der Waals surface area (Å²) in [6, 6.07) is 14.9. The molecule has 4 aromatic rings. The van der Waals surface area contributed by atoms with E-state index in [4.69, 9.17) is 2.74 Å². The number of pyridine rings is 1. The Hall–Kier alpha value is -2.46. The summed E-state index contributed by atoms with van der Waals surface area (Å²) in [4.78, 5) is 19.2. The Balaban J connectivity index is 0.000000347. The zero-order chi connectivity index (χ0) is 38.3. The summed E-state index contributed by atoms with van der Waals surface area (Å²) in [6.45, 7) is 27.8. The van der Waals surface area contributed by atoms with Crippen LogP contribution in [0.15, 0.2) is 64.2 Å². The molecule has 50 heavy (non-hydrogen) atoms. The Morgan fingerprint density at radius 2 is 1.50 bits per heavy atom. The van der Waals surface area contributed by atoms with Crippen LogP contribution >= 0.6 is 11.8 Å². The van der Waals surface area contributed by atoms with Crippen molar-refractivity contribution in [1.82, 2.24) is 4.98 Å². The molecule has 0 aliphatic carbocycles. The number of aliphatic hydroxyl groups excluding tert-OH is 1. The van der Waals surface area contributed by atoms with Gasteiger partial charge in [-0.1, -0.05) is 123 Å². The van der Waals surface area contributed by atoms with Crippen molar-refractivity contribution in [2.45, 2.75) is 138 Å². The molecule has 3 nitrogen and oxygen atoms in total. The molecule has 3 aromatic carbocycles. The minimum absolute atomic E-state index is 0. The molecule has 0 unspecified atom stereocenters. The van der Waals surface area contributed by atoms with E-state index in [0.29, 0.717) is 0 Å². The van der Waals surface area contributed by atoms with Crippen LogP contribution in [0.4, 0.5) is 0 Å². The predicted octanol–water partition coefficient (Wildman–Crippen LogP) is 13.5. The van der Waals surface area contributed by atoms with Gasteiger partial charge in [0.05, 0.1) is 2.74 Å². The summed E-state index contributed by atoms with van der Waals surface area (Å²) in [7, 11) is 0. The van der Waals surface area contributed by atoms with E-state index in [2.05, 4.69) is 89.8 Å². The molecular formula is C45H60IrNO2S-. The molecule has 5 heteroatoms. The van der Waals surface area contributed by atoms with Crippen LogP contribution in [0.3, 0.4) is 0 Å². The van der Waals surface area contributed by atoms with Gasteiger partial charge in [-0.15, -0.1) is 29.3 Å². The number of benzene rings is 3. The average Bonchev–Trinajstić information content (AvgIpc) is 3.05. The molecule has 0 saturated heterocycles. The fraction of sp³-hybridized carbons (Fsp3) is 0.511. The number of fused-ring (bicyclic) bond motifs is 3. The van der Waals surface area contributed by atoms with Gasteiger partial charge in [0, 0.05) is 53.8 Å². The molecule has 273 valence electrons. The van der Waals surface area contributed by atoms with Crippen LogP contribution < -0.4 is 0 Å². The summed E-state index contributed by atoms with van der Waals surface area (Å²) in [5.74, 6) is 0.286. The van der Waals surface area contributed by atoms with Gasteiger partial charge >= 0.3 is 0 Å². The van der Waals surface area contributed by atoms with E-state index >= 15 is 0 Å². The second-order valence-electron chi connectivity index (χ2n) is 17.1. The standard InChI is InChI=1S/C30H32NS.C15H28O2.Ir/c1-18-8-9-22-21(12-18)15-23-27-26-20(10-11-31-27)13-19(16-29(2,3)4)14-25(26)32-28(23)24(22)17-30(5,6)7;1-7-14(5,8-2)12(16)11-13(17)15(6,9-3)10-4;/h8-14H,16-17H2,1-7H3;11,16H,7-10H2,1-6H3;/q-1;;/b;12-11-;/i10D,11D;;. The molecule has 0 atom stereocenters. The molecule has 2 heterocycles. The van der Waals surface area contributed by atoms with E-state index in [1.165, 1.54) is 33.0 Å². The average molecular weight is 873 g/mol. The van der Waals surface area contributed by atoms with Gasteiger partial charge in [0.25, 0.3) is 0 Å². The maximum absolute atomic E-state index is 12.2. The zero-order valence-electron chi connectivity index (χ0n) is 34.8. The second kappa shape index (κ2) is 16.1. The normalized spacial score (nSPS) is 14.0. The van der Waals surface area contributed by atoms with E-state index < -0.39 is 0 Å². The minimum atomic E-state index is -0.337. The monoisotopic (exact) mass is 873 g/mol. The Morgan fingerprint density at radius 1 is 0.900 bits per heavy atom.